The van der Waals surface area contributed by atoms with Crippen molar-refractivity contribution in [1.82, 2.24) is 9.88 Å². The number of aromatic nitrogens is 1. The fraction of sp³-hybridized carbons (Fsp3) is 0.300. The third kappa shape index (κ3) is 4.69. The lowest BCUT2D eigenvalue weighted by Crippen LogP contribution is -2.29. The lowest BCUT2D eigenvalue weighted by molar-refractivity contribution is -0.137. The second-order valence-electron chi connectivity index (χ2n) is 6.31. The van der Waals surface area contributed by atoms with Crippen molar-refractivity contribution in [3.05, 3.63) is 40.9 Å². The van der Waals surface area contributed by atoms with E-state index in [1.807, 2.05) is 30.3 Å². The number of hydrogen-bond donors (Lipinski definition) is 1. The van der Waals surface area contributed by atoms with Crippen LogP contribution in [0.25, 0.3) is 17.0 Å². The number of benzene rings is 1. The van der Waals surface area contributed by atoms with Gasteiger partial charge in [0.1, 0.15) is 15.6 Å². The Morgan fingerprint density at radius 3 is 2.86 bits per heavy atom. The van der Waals surface area contributed by atoms with Crippen molar-refractivity contribution in [2.45, 2.75) is 25.7 Å². The molecule has 1 aromatic carbocycles. The fourth-order valence-corrected chi connectivity index (χ4v) is 4.22. The summed E-state index contributed by atoms with van der Waals surface area (Å²) in [6, 6.07) is 9.52. The van der Waals surface area contributed by atoms with E-state index in [1.54, 1.807) is 18.1 Å². The molecule has 1 N–H and O–H groups in total. The molecule has 2 heterocycles. The van der Waals surface area contributed by atoms with Crippen molar-refractivity contribution in [3.63, 3.8) is 0 Å². The van der Waals surface area contributed by atoms with Gasteiger partial charge in [-0.05, 0) is 31.1 Å². The smallest absolute Gasteiger partial charge is 0.303 e. The summed E-state index contributed by atoms with van der Waals surface area (Å²) >= 11 is 6.60. The molecule has 6 nitrogen and oxygen atoms in total. The Labute approximate surface area is 172 Å². The van der Waals surface area contributed by atoms with Crippen LogP contribution in [0.3, 0.4) is 0 Å². The molecule has 0 unspecified atom stereocenters. The van der Waals surface area contributed by atoms with Crippen LogP contribution in [0.5, 0.6) is 5.75 Å². The third-order valence-electron chi connectivity index (χ3n) is 4.35. The molecule has 0 saturated carbocycles. The summed E-state index contributed by atoms with van der Waals surface area (Å²) in [5, 5.41) is 9.64. The minimum Gasteiger partial charge on any atom is -0.494 e. The summed E-state index contributed by atoms with van der Waals surface area (Å²) in [7, 11) is 1.60. The normalized spacial score (nSPS) is 15.6. The first-order valence-electron chi connectivity index (χ1n) is 8.90. The Morgan fingerprint density at radius 1 is 1.29 bits per heavy atom. The van der Waals surface area contributed by atoms with E-state index in [0.717, 1.165) is 23.7 Å². The van der Waals surface area contributed by atoms with Crippen LogP contribution in [0.2, 0.25) is 0 Å². The van der Waals surface area contributed by atoms with Gasteiger partial charge in [0.05, 0.1) is 17.7 Å². The highest BCUT2D eigenvalue weighted by atomic mass is 32.2. The molecule has 1 saturated heterocycles. The van der Waals surface area contributed by atoms with Crippen LogP contribution in [0, 0.1) is 0 Å². The van der Waals surface area contributed by atoms with Crippen molar-refractivity contribution in [2.75, 3.05) is 13.7 Å². The topological polar surface area (TPSA) is 79.7 Å². The van der Waals surface area contributed by atoms with E-state index in [1.165, 1.54) is 11.8 Å². The maximum atomic E-state index is 12.7. The Morgan fingerprint density at radius 2 is 2.11 bits per heavy atom. The monoisotopic (exact) mass is 416 g/mol. The molecule has 3 rings (SSSR count). The zero-order valence-corrected chi connectivity index (χ0v) is 17.0. The Hall–Kier alpha value is -2.45. The van der Waals surface area contributed by atoms with Crippen LogP contribution in [0.4, 0.5) is 0 Å². The van der Waals surface area contributed by atoms with E-state index in [2.05, 4.69) is 4.98 Å². The van der Waals surface area contributed by atoms with E-state index >= 15 is 0 Å². The van der Waals surface area contributed by atoms with E-state index in [-0.39, 0.29) is 12.3 Å². The molecule has 1 aromatic heterocycles. The van der Waals surface area contributed by atoms with Gasteiger partial charge >= 0.3 is 5.97 Å². The highest BCUT2D eigenvalue weighted by molar-refractivity contribution is 8.26. The minimum atomic E-state index is -0.798. The van der Waals surface area contributed by atoms with Crippen LogP contribution in [-0.2, 0) is 9.59 Å². The van der Waals surface area contributed by atoms with Gasteiger partial charge in [-0.25, -0.2) is 4.98 Å². The van der Waals surface area contributed by atoms with Gasteiger partial charge in [0.2, 0.25) is 0 Å². The molecule has 8 heteroatoms. The molecule has 0 spiro atoms. The van der Waals surface area contributed by atoms with Gasteiger partial charge in [0.15, 0.2) is 0 Å². The quantitative estimate of drug-likeness (QED) is 0.394. The maximum Gasteiger partial charge on any atom is 0.303 e. The lowest BCUT2D eigenvalue weighted by atomic mass is 10.2. The number of unbranched alkanes of at least 4 members (excludes halogenated alkanes) is 2. The molecule has 0 radical (unpaired) electrons. The number of carboxylic acid groups (broad SMARTS) is 1. The van der Waals surface area contributed by atoms with E-state index in [9.17, 15) is 9.59 Å². The Balaban J connectivity index is 1.71. The molecule has 2 aromatic rings. The van der Waals surface area contributed by atoms with Gasteiger partial charge < -0.3 is 9.84 Å². The Bertz CT molecular complexity index is 958. The number of thioether (sulfide) groups is 1. The van der Waals surface area contributed by atoms with Crippen molar-refractivity contribution in [2.24, 2.45) is 0 Å². The van der Waals surface area contributed by atoms with Gasteiger partial charge in [-0.1, -0.05) is 48.6 Å². The fourth-order valence-electron chi connectivity index (χ4n) is 2.93. The van der Waals surface area contributed by atoms with E-state index in [0.29, 0.717) is 33.6 Å². The number of carboxylic acids is 1. The molecular formula is C20H20N2O4S2. The highest BCUT2D eigenvalue weighted by Gasteiger charge is 2.31. The predicted octanol–water partition coefficient (Wildman–Crippen LogP) is 4.09. The van der Waals surface area contributed by atoms with Gasteiger partial charge in [0.25, 0.3) is 5.91 Å². The number of carbonyl (C=O) groups excluding carboxylic acids is 1. The predicted molar refractivity (Wildman–Crippen MR) is 114 cm³/mol. The maximum absolute atomic E-state index is 12.7. The van der Waals surface area contributed by atoms with Gasteiger partial charge in [-0.15, -0.1) is 0 Å². The second-order valence-corrected chi connectivity index (χ2v) is 7.98. The van der Waals surface area contributed by atoms with Crippen LogP contribution >= 0.6 is 24.0 Å². The van der Waals surface area contributed by atoms with Crippen molar-refractivity contribution < 1.29 is 19.4 Å². The summed E-state index contributed by atoms with van der Waals surface area (Å²) < 4.78 is 5.89. The number of pyridine rings is 1. The number of ether oxygens (including phenoxy) is 1. The van der Waals surface area contributed by atoms with Crippen molar-refractivity contribution in [3.8, 4) is 5.75 Å². The average Bonchev–Trinajstić information content (AvgIpc) is 2.94. The number of rotatable bonds is 8. The third-order valence-corrected chi connectivity index (χ3v) is 5.73. The highest BCUT2D eigenvalue weighted by Crippen LogP contribution is 2.33. The van der Waals surface area contributed by atoms with Crippen molar-refractivity contribution in [1.29, 1.82) is 0 Å². The van der Waals surface area contributed by atoms with E-state index in [4.69, 9.17) is 22.1 Å². The molecule has 1 aliphatic heterocycles. The summed E-state index contributed by atoms with van der Waals surface area (Å²) in [6.07, 6.45) is 3.96. The Kier molecular flexibility index (Phi) is 6.64. The van der Waals surface area contributed by atoms with Crippen LogP contribution < -0.4 is 4.74 Å². The summed E-state index contributed by atoms with van der Waals surface area (Å²) in [5.41, 5.74) is 1.41. The van der Waals surface area contributed by atoms with Crippen molar-refractivity contribution >= 4 is 57.2 Å². The lowest BCUT2D eigenvalue weighted by Gasteiger charge is -2.13. The molecule has 0 aliphatic carbocycles. The first-order valence-corrected chi connectivity index (χ1v) is 10.1. The second kappa shape index (κ2) is 9.16. The molecule has 1 amide bonds. The van der Waals surface area contributed by atoms with Crippen LogP contribution in [0.15, 0.2) is 35.2 Å². The molecule has 28 heavy (non-hydrogen) atoms. The number of methoxy groups -OCH3 is 1. The summed E-state index contributed by atoms with van der Waals surface area (Å²) in [6.45, 7) is 0.501. The number of carbonyl (C=O) groups is 2. The number of nitrogens with zero attached hydrogens (tertiary/aromatic N) is 2. The zero-order chi connectivity index (χ0) is 20.1. The van der Waals surface area contributed by atoms with Crippen LogP contribution in [-0.4, -0.2) is 44.8 Å². The molecule has 0 atom stereocenters. The zero-order valence-electron chi connectivity index (χ0n) is 15.4. The summed E-state index contributed by atoms with van der Waals surface area (Å²) in [4.78, 5) is 30.0. The largest absolute Gasteiger partial charge is 0.494 e. The molecule has 0 bridgehead atoms. The molecule has 1 fully saturated rings. The van der Waals surface area contributed by atoms with Gasteiger partial charge in [-0.2, -0.15) is 0 Å². The molecule has 1 aliphatic rings. The van der Waals surface area contributed by atoms with Gasteiger partial charge in [-0.3, -0.25) is 14.5 Å². The number of fused-ring (bicyclic) bond motifs is 1. The number of para-hydroxylation sites is 1. The van der Waals surface area contributed by atoms with Crippen LogP contribution in [0.1, 0.15) is 31.4 Å². The standard InChI is InChI=1S/C20H20N2O4S2/c1-26-15-7-5-6-13-9-10-14(21-18(13)15)12-16-19(25)22(20(27)28-16)11-4-2-3-8-17(23)24/h5-7,9-10,12H,2-4,8,11H2,1H3,(H,23,24). The first kappa shape index (κ1) is 20.3. The molecule has 146 valence electrons. The summed E-state index contributed by atoms with van der Waals surface area (Å²) in [5.74, 6) is -0.245. The number of aliphatic carboxylic acids is 1. The first-order chi connectivity index (χ1) is 13.5. The SMILES string of the molecule is COc1cccc2ccc(C=C3SC(=S)N(CCCCCC(=O)O)C3=O)nc12. The number of hydrogen-bond acceptors (Lipinski definition) is 6. The minimum absolute atomic E-state index is 0.129. The number of thiocarbonyl (C=S) groups is 1. The number of amides is 1. The average molecular weight is 417 g/mol. The molecular weight excluding hydrogens is 396 g/mol. The van der Waals surface area contributed by atoms with E-state index < -0.39 is 5.97 Å². The van der Waals surface area contributed by atoms with Gasteiger partial charge in [0, 0.05) is 18.4 Å².